The van der Waals surface area contributed by atoms with Crippen LogP contribution in [0.15, 0.2) is 42.0 Å². The molecule has 0 bridgehead atoms. The Hall–Kier alpha value is -2.92. The molecule has 0 aromatic heterocycles. The van der Waals surface area contributed by atoms with E-state index in [0.717, 1.165) is 47.8 Å². The van der Waals surface area contributed by atoms with Gasteiger partial charge in [0.2, 0.25) is 0 Å². The number of aliphatic hydroxyl groups is 1. The number of carbonyl (C=O) groups is 1. The Morgan fingerprint density at radius 1 is 1.21 bits per heavy atom. The molecule has 1 aliphatic heterocycles. The van der Waals surface area contributed by atoms with Crippen LogP contribution >= 0.6 is 0 Å². The summed E-state index contributed by atoms with van der Waals surface area (Å²) in [6.07, 6.45) is 5.05. The van der Waals surface area contributed by atoms with Crippen molar-refractivity contribution in [3.8, 4) is 6.07 Å². The summed E-state index contributed by atoms with van der Waals surface area (Å²) in [5, 5.41) is 23.4. The molecule has 3 rings (SSSR count). The molecule has 0 aliphatic carbocycles. The summed E-state index contributed by atoms with van der Waals surface area (Å²) < 4.78 is 10.5. The van der Waals surface area contributed by atoms with Crippen molar-refractivity contribution in [2.24, 2.45) is 0 Å². The summed E-state index contributed by atoms with van der Waals surface area (Å²) in [6.45, 7) is 4.83. The number of nitriles is 1. The third-order valence-electron chi connectivity index (χ3n) is 5.87. The van der Waals surface area contributed by atoms with Gasteiger partial charge in [0.05, 0.1) is 38.7 Å². The van der Waals surface area contributed by atoms with E-state index in [1.165, 1.54) is 0 Å². The van der Waals surface area contributed by atoms with E-state index in [9.17, 15) is 10.1 Å². The molecule has 0 spiro atoms. The number of anilines is 1. The van der Waals surface area contributed by atoms with Crippen molar-refractivity contribution in [1.82, 2.24) is 5.32 Å². The van der Waals surface area contributed by atoms with Crippen LogP contribution in [0.3, 0.4) is 0 Å². The fourth-order valence-electron chi connectivity index (χ4n) is 4.29. The van der Waals surface area contributed by atoms with Gasteiger partial charge in [-0.05, 0) is 36.3 Å². The van der Waals surface area contributed by atoms with Crippen LogP contribution in [-0.4, -0.2) is 63.2 Å². The summed E-state index contributed by atoms with van der Waals surface area (Å²) in [6, 6.07) is 14.8. The Bertz CT molecular complexity index is 999. The van der Waals surface area contributed by atoms with Crippen molar-refractivity contribution in [3.05, 3.63) is 47.5 Å². The van der Waals surface area contributed by atoms with Gasteiger partial charge in [0.25, 0.3) is 5.91 Å². The maximum absolute atomic E-state index is 12.6. The molecule has 33 heavy (non-hydrogen) atoms. The quantitative estimate of drug-likeness (QED) is 0.292. The number of carbonyl (C=O) groups excluding carboxylic acids is 1. The standard InChI is InChI=1S/C26H33N3O4/c1-2-23-7-5-12-29(23)25-21(10-9-20-6-3-4-8-24(20)25)18-22(19-27)26(31)28-11-14-32-16-17-33-15-13-30/h3-4,6,8-10,18,23,30H,2,5,7,11-17H2,1H3,(H,28,31)/b22-18+. The molecule has 1 saturated heterocycles. The maximum atomic E-state index is 12.6. The second kappa shape index (κ2) is 12.9. The lowest BCUT2D eigenvalue weighted by molar-refractivity contribution is -0.117. The van der Waals surface area contributed by atoms with E-state index in [1.54, 1.807) is 6.08 Å². The molecule has 7 heteroatoms. The molecule has 176 valence electrons. The zero-order chi connectivity index (χ0) is 23.5. The van der Waals surface area contributed by atoms with E-state index in [1.807, 2.05) is 24.3 Å². The minimum Gasteiger partial charge on any atom is -0.394 e. The SMILES string of the molecule is CCC1CCCN1c1c(/C=C(\C#N)C(=O)NCCOCCOCCO)ccc2ccccc12. The van der Waals surface area contributed by atoms with Crippen LogP contribution in [0.25, 0.3) is 16.8 Å². The Balaban J connectivity index is 1.74. The highest BCUT2D eigenvalue weighted by Gasteiger charge is 2.26. The highest BCUT2D eigenvalue weighted by molar-refractivity contribution is 6.05. The first-order valence-corrected chi connectivity index (χ1v) is 11.6. The number of ether oxygens (including phenoxy) is 2. The van der Waals surface area contributed by atoms with Crippen LogP contribution in [0.1, 0.15) is 31.7 Å². The predicted octanol–water partition coefficient (Wildman–Crippen LogP) is 3.27. The van der Waals surface area contributed by atoms with Gasteiger partial charge < -0.3 is 24.8 Å². The average Bonchev–Trinajstić information content (AvgIpc) is 3.32. The summed E-state index contributed by atoms with van der Waals surface area (Å²) in [4.78, 5) is 15.1. The van der Waals surface area contributed by atoms with Crippen LogP contribution in [0.4, 0.5) is 5.69 Å². The summed E-state index contributed by atoms with van der Waals surface area (Å²) in [5.74, 6) is -0.412. The first-order chi connectivity index (χ1) is 16.2. The molecule has 1 amide bonds. The molecule has 2 aromatic carbocycles. The summed E-state index contributed by atoms with van der Waals surface area (Å²) >= 11 is 0. The van der Waals surface area contributed by atoms with Gasteiger partial charge in [-0.3, -0.25) is 4.79 Å². The number of fused-ring (bicyclic) bond motifs is 1. The number of hydrogen-bond donors (Lipinski definition) is 2. The fourth-order valence-corrected chi connectivity index (χ4v) is 4.29. The maximum Gasteiger partial charge on any atom is 0.262 e. The highest BCUT2D eigenvalue weighted by atomic mass is 16.5. The van der Waals surface area contributed by atoms with Crippen LogP contribution in [0.5, 0.6) is 0 Å². The van der Waals surface area contributed by atoms with Crippen molar-refractivity contribution in [2.45, 2.75) is 32.2 Å². The normalized spacial score (nSPS) is 16.2. The Kier molecular flexibility index (Phi) is 9.70. The molecule has 1 unspecified atom stereocenters. The summed E-state index contributed by atoms with van der Waals surface area (Å²) in [5.41, 5.74) is 2.06. The molecule has 2 N–H and O–H groups in total. The molecule has 7 nitrogen and oxygen atoms in total. The average molecular weight is 452 g/mol. The van der Waals surface area contributed by atoms with E-state index in [-0.39, 0.29) is 18.8 Å². The van der Waals surface area contributed by atoms with Crippen molar-refractivity contribution in [1.29, 1.82) is 5.26 Å². The Labute approximate surface area is 195 Å². The van der Waals surface area contributed by atoms with Crippen molar-refractivity contribution in [3.63, 3.8) is 0 Å². The highest BCUT2D eigenvalue weighted by Crippen LogP contribution is 2.37. The third kappa shape index (κ3) is 6.55. The van der Waals surface area contributed by atoms with E-state index in [4.69, 9.17) is 14.6 Å². The van der Waals surface area contributed by atoms with Crippen LogP contribution in [-0.2, 0) is 14.3 Å². The predicted molar refractivity (Wildman–Crippen MR) is 130 cm³/mol. The lowest BCUT2D eigenvalue weighted by atomic mass is 10.00. The number of nitrogens with one attached hydrogen (secondary N) is 1. The van der Waals surface area contributed by atoms with Gasteiger partial charge in [-0.15, -0.1) is 0 Å². The molecule has 1 atom stereocenters. The second-order valence-electron chi connectivity index (χ2n) is 8.00. The number of hydrogen-bond acceptors (Lipinski definition) is 6. The smallest absolute Gasteiger partial charge is 0.262 e. The van der Waals surface area contributed by atoms with Gasteiger partial charge in [-0.1, -0.05) is 43.3 Å². The van der Waals surface area contributed by atoms with E-state index < -0.39 is 5.91 Å². The molecule has 1 fully saturated rings. The summed E-state index contributed by atoms with van der Waals surface area (Å²) in [7, 11) is 0. The first-order valence-electron chi connectivity index (χ1n) is 11.6. The zero-order valence-corrected chi connectivity index (χ0v) is 19.3. The third-order valence-corrected chi connectivity index (χ3v) is 5.87. The van der Waals surface area contributed by atoms with Gasteiger partial charge in [0.1, 0.15) is 11.6 Å². The molecule has 1 aliphatic rings. The van der Waals surface area contributed by atoms with Gasteiger partial charge in [-0.25, -0.2) is 0 Å². The van der Waals surface area contributed by atoms with E-state index in [0.29, 0.717) is 32.4 Å². The molecular formula is C26H33N3O4. The van der Waals surface area contributed by atoms with Crippen molar-refractivity contribution in [2.75, 3.05) is 51.0 Å². The van der Waals surface area contributed by atoms with Crippen molar-refractivity contribution >= 4 is 28.4 Å². The number of benzene rings is 2. The molecule has 1 heterocycles. The monoisotopic (exact) mass is 451 g/mol. The lowest BCUT2D eigenvalue weighted by Crippen LogP contribution is -2.30. The number of aliphatic hydroxyl groups excluding tert-OH is 1. The van der Waals surface area contributed by atoms with Gasteiger partial charge in [-0.2, -0.15) is 5.26 Å². The van der Waals surface area contributed by atoms with Crippen molar-refractivity contribution < 1.29 is 19.4 Å². The van der Waals surface area contributed by atoms with Gasteiger partial charge in [0, 0.05) is 24.5 Å². The molecule has 2 aromatic rings. The zero-order valence-electron chi connectivity index (χ0n) is 19.3. The van der Waals surface area contributed by atoms with E-state index >= 15 is 0 Å². The largest absolute Gasteiger partial charge is 0.394 e. The number of amides is 1. The first kappa shape index (κ1) is 24.7. The molecule has 0 radical (unpaired) electrons. The van der Waals surface area contributed by atoms with Gasteiger partial charge in [0.15, 0.2) is 0 Å². The van der Waals surface area contributed by atoms with Crippen LogP contribution < -0.4 is 10.2 Å². The minimum absolute atomic E-state index is 0.0187. The van der Waals surface area contributed by atoms with E-state index in [2.05, 4.69) is 35.3 Å². The lowest BCUT2D eigenvalue weighted by Gasteiger charge is -2.29. The molecule has 0 saturated carbocycles. The Morgan fingerprint density at radius 2 is 2.00 bits per heavy atom. The van der Waals surface area contributed by atoms with Crippen LogP contribution in [0, 0.1) is 11.3 Å². The van der Waals surface area contributed by atoms with Gasteiger partial charge >= 0.3 is 0 Å². The number of rotatable bonds is 12. The fraction of sp³-hybridized carbons (Fsp3) is 0.462. The molecular weight excluding hydrogens is 418 g/mol. The number of nitrogens with zero attached hydrogens (tertiary/aromatic N) is 2. The second-order valence-corrected chi connectivity index (χ2v) is 8.00. The van der Waals surface area contributed by atoms with Crippen LogP contribution in [0.2, 0.25) is 0 Å². The Morgan fingerprint density at radius 3 is 2.76 bits per heavy atom. The minimum atomic E-state index is -0.412. The topological polar surface area (TPSA) is 94.8 Å².